The van der Waals surface area contributed by atoms with Crippen molar-refractivity contribution >= 4 is 57.1 Å². The van der Waals surface area contributed by atoms with Crippen molar-refractivity contribution < 1.29 is 23.9 Å². The molecule has 0 bridgehead atoms. The predicted octanol–water partition coefficient (Wildman–Crippen LogP) is 6.06. The zero-order valence-electron chi connectivity index (χ0n) is 19.5. The Labute approximate surface area is 221 Å². The second-order valence-corrected chi connectivity index (χ2v) is 9.25. The van der Waals surface area contributed by atoms with Crippen molar-refractivity contribution in [1.82, 2.24) is 5.32 Å². The Bertz CT molecular complexity index is 1370. The van der Waals surface area contributed by atoms with Gasteiger partial charge in [0, 0.05) is 4.47 Å². The molecule has 0 aromatic heterocycles. The molecule has 184 valence electrons. The molecule has 0 saturated carbocycles. The van der Waals surface area contributed by atoms with Gasteiger partial charge in [0.2, 0.25) is 0 Å². The number of hydrogen-bond donors (Lipinski definition) is 1. The number of carbonyl (C=O) groups is 3. The molecule has 4 amide bonds. The van der Waals surface area contributed by atoms with Gasteiger partial charge in [-0.15, -0.1) is 0 Å². The van der Waals surface area contributed by atoms with Gasteiger partial charge in [0.15, 0.2) is 11.5 Å². The predicted molar refractivity (Wildman–Crippen MR) is 141 cm³/mol. The number of nitrogens with one attached hydrogen (secondary N) is 1. The van der Waals surface area contributed by atoms with E-state index in [4.69, 9.17) is 21.1 Å². The highest BCUT2D eigenvalue weighted by atomic mass is 79.9. The van der Waals surface area contributed by atoms with Crippen molar-refractivity contribution in [2.24, 2.45) is 0 Å². The van der Waals surface area contributed by atoms with Crippen molar-refractivity contribution in [2.45, 2.75) is 20.5 Å². The van der Waals surface area contributed by atoms with Crippen molar-refractivity contribution in [3.8, 4) is 11.5 Å². The van der Waals surface area contributed by atoms with E-state index in [2.05, 4.69) is 21.2 Å². The smallest absolute Gasteiger partial charge is 0.335 e. The maximum atomic E-state index is 13.3. The van der Waals surface area contributed by atoms with Gasteiger partial charge in [-0.2, -0.15) is 0 Å². The van der Waals surface area contributed by atoms with Gasteiger partial charge < -0.3 is 9.47 Å². The lowest BCUT2D eigenvalue weighted by molar-refractivity contribution is -0.122. The Morgan fingerprint density at radius 3 is 2.47 bits per heavy atom. The molecule has 1 heterocycles. The minimum Gasteiger partial charge on any atom is -0.490 e. The molecule has 7 nitrogen and oxygen atoms in total. The monoisotopic (exact) mass is 568 g/mol. The fraction of sp³-hybridized carbons (Fsp3) is 0.148. The van der Waals surface area contributed by atoms with Gasteiger partial charge in [-0.25, -0.2) is 9.69 Å². The Kier molecular flexibility index (Phi) is 7.76. The third kappa shape index (κ3) is 5.45. The molecule has 0 radical (unpaired) electrons. The summed E-state index contributed by atoms with van der Waals surface area (Å²) in [5.74, 6) is -0.818. The molecule has 9 heteroatoms. The molecular weight excluding hydrogens is 548 g/mol. The van der Waals surface area contributed by atoms with Crippen LogP contribution in [0, 0.1) is 6.92 Å². The number of carbonyl (C=O) groups excluding carboxylic acids is 3. The Hall–Kier alpha value is -3.62. The summed E-state index contributed by atoms with van der Waals surface area (Å²) in [5.41, 5.74) is 2.24. The van der Waals surface area contributed by atoms with E-state index in [-0.39, 0.29) is 17.2 Å². The lowest BCUT2D eigenvalue weighted by atomic mass is 10.1. The zero-order chi connectivity index (χ0) is 25.8. The summed E-state index contributed by atoms with van der Waals surface area (Å²) in [6.07, 6.45) is 1.38. The number of nitrogens with zero attached hydrogens (tertiary/aromatic N) is 1. The van der Waals surface area contributed by atoms with Crippen molar-refractivity contribution in [1.29, 1.82) is 0 Å². The summed E-state index contributed by atoms with van der Waals surface area (Å²) in [7, 11) is 0. The normalized spacial score (nSPS) is 14.7. The minimum absolute atomic E-state index is 0.214. The van der Waals surface area contributed by atoms with E-state index in [1.807, 2.05) is 37.3 Å². The topological polar surface area (TPSA) is 84.9 Å². The van der Waals surface area contributed by atoms with Crippen molar-refractivity contribution in [3.63, 3.8) is 0 Å². The molecular formula is C27H22BrClN2O5. The van der Waals surface area contributed by atoms with E-state index in [1.165, 1.54) is 6.08 Å². The van der Waals surface area contributed by atoms with E-state index >= 15 is 0 Å². The van der Waals surface area contributed by atoms with Crippen LogP contribution in [0.1, 0.15) is 23.6 Å². The maximum Gasteiger partial charge on any atom is 0.335 e. The molecule has 3 aromatic rings. The third-order valence-electron chi connectivity index (χ3n) is 5.37. The summed E-state index contributed by atoms with van der Waals surface area (Å²) in [5, 5.41) is 2.49. The van der Waals surface area contributed by atoms with E-state index in [0.717, 1.165) is 14.9 Å². The summed E-state index contributed by atoms with van der Waals surface area (Å²) < 4.78 is 12.5. The summed E-state index contributed by atoms with van der Waals surface area (Å²) >= 11 is 9.89. The van der Waals surface area contributed by atoms with E-state index in [1.54, 1.807) is 37.3 Å². The first-order valence-corrected chi connectivity index (χ1v) is 12.3. The number of rotatable bonds is 7. The zero-order valence-corrected chi connectivity index (χ0v) is 21.9. The molecule has 1 N–H and O–H groups in total. The van der Waals surface area contributed by atoms with Crippen LogP contribution in [-0.4, -0.2) is 24.5 Å². The lowest BCUT2D eigenvalue weighted by Crippen LogP contribution is -2.54. The molecule has 0 unspecified atom stereocenters. The molecule has 36 heavy (non-hydrogen) atoms. The van der Waals surface area contributed by atoms with Crippen LogP contribution in [0.3, 0.4) is 0 Å². The molecule has 1 saturated heterocycles. The van der Waals surface area contributed by atoms with E-state index < -0.39 is 17.8 Å². The fourth-order valence-electron chi connectivity index (χ4n) is 3.72. The van der Waals surface area contributed by atoms with Crippen LogP contribution >= 0.6 is 27.5 Å². The largest absolute Gasteiger partial charge is 0.490 e. The highest BCUT2D eigenvalue weighted by Gasteiger charge is 2.37. The number of amides is 4. The van der Waals surface area contributed by atoms with Gasteiger partial charge in [-0.1, -0.05) is 57.9 Å². The fourth-order valence-corrected chi connectivity index (χ4v) is 4.47. The number of anilines is 1. The molecule has 3 aromatic carbocycles. The molecule has 0 spiro atoms. The first-order valence-electron chi connectivity index (χ1n) is 11.1. The van der Waals surface area contributed by atoms with Crippen LogP contribution in [0.5, 0.6) is 11.5 Å². The van der Waals surface area contributed by atoms with Gasteiger partial charge in [-0.3, -0.25) is 14.9 Å². The molecule has 0 aliphatic carbocycles. The summed E-state index contributed by atoms with van der Waals surface area (Å²) in [4.78, 5) is 39.4. The second kappa shape index (κ2) is 11.0. The van der Waals surface area contributed by atoms with Gasteiger partial charge in [0.05, 0.1) is 17.3 Å². The lowest BCUT2D eigenvalue weighted by Gasteiger charge is -2.27. The highest BCUT2D eigenvalue weighted by molar-refractivity contribution is 9.10. The van der Waals surface area contributed by atoms with Crippen LogP contribution in [-0.2, 0) is 16.2 Å². The Morgan fingerprint density at radius 2 is 1.78 bits per heavy atom. The Balaban J connectivity index is 1.68. The molecule has 1 fully saturated rings. The van der Waals surface area contributed by atoms with Crippen LogP contribution in [0.2, 0.25) is 5.02 Å². The van der Waals surface area contributed by atoms with Gasteiger partial charge in [0.1, 0.15) is 12.2 Å². The number of halogens is 2. The van der Waals surface area contributed by atoms with E-state index in [0.29, 0.717) is 34.9 Å². The van der Waals surface area contributed by atoms with Crippen molar-refractivity contribution in [3.05, 3.63) is 92.4 Å². The third-order valence-corrected chi connectivity index (χ3v) is 6.14. The van der Waals surface area contributed by atoms with Gasteiger partial charge in [-0.05, 0) is 66.9 Å². The van der Waals surface area contributed by atoms with Crippen LogP contribution < -0.4 is 19.7 Å². The average molecular weight is 570 g/mol. The van der Waals surface area contributed by atoms with Crippen LogP contribution in [0.15, 0.2) is 70.7 Å². The standard InChI is InChI=1S/C27H22BrClN2O5/c1-3-35-23-14-18(13-21(29)24(23)36-15-17-7-5-4-6-8-17)12-20-25(32)30-27(34)31(26(20)33)22-10-9-19(28)11-16(22)2/h4-14H,3,15H2,1-2H3,(H,30,32,34)/b20-12-. The number of urea groups is 1. The van der Waals surface area contributed by atoms with Gasteiger partial charge >= 0.3 is 6.03 Å². The van der Waals surface area contributed by atoms with Crippen molar-refractivity contribution in [2.75, 3.05) is 11.5 Å². The quantitative estimate of drug-likeness (QED) is 0.276. The number of imide groups is 2. The van der Waals surface area contributed by atoms with E-state index in [9.17, 15) is 14.4 Å². The number of barbiturate groups is 1. The average Bonchev–Trinajstić information content (AvgIpc) is 2.83. The number of aryl methyl sites for hydroxylation is 1. The SMILES string of the molecule is CCOc1cc(/C=C2/C(=O)NC(=O)N(c3ccc(Br)cc3C)C2=O)cc(Cl)c1OCc1ccccc1. The minimum atomic E-state index is -0.815. The molecule has 1 aliphatic rings. The number of benzene rings is 3. The Morgan fingerprint density at radius 1 is 1.03 bits per heavy atom. The first-order chi connectivity index (χ1) is 17.3. The summed E-state index contributed by atoms with van der Waals surface area (Å²) in [6.45, 7) is 4.22. The number of hydrogen-bond acceptors (Lipinski definition) is 5. The van der Waals surface area contributed by atoms with Gasteiger partial charge in [0.25, 0.3) is 11.8 Å². The van der Waals surface area contributed by atoms with Crippen LogP contribution in [0.25, 0.3) is 6.08 Å². The maximum absolute atomic E-state index is 13.3. The second-order valence-electron chi connectivity index (χ2n) is 7.93. The first kappa shape index (κ1) is 25.5. The highest BCUT2D eigenvalue weighted by Crippen LogP contribution is 2.38. The summed E-state index contributed by atoms with van der Waals surface area (Å²) in [6, 6.07) is 17.1. The molecule has 0 atom stereocenters. The molecule has 4 rings (SSSR count). The van der Waals surface area contributed by atoms with Crippen LogP contribution in [0.4, 0.5) is 10.5 Å². The molecule has 1 aliphatic heterocycles. The number of ether oxygens (including phenoxy) is 2.